The molecule has 1 aromatic heterocycles. The fourth-order valence-electron chi connectivity index (χ4n) is 3.18. The molecule has 0 saturated heterocycles. The van der Waals surface area contributed by atoms with Crippen LogP contribution in [0.15, 0.2) is 82.7 Å². The second-order valence-corrected chi connectivity index (χ2v) is 8.22. The van der Waals surface area contributed by atoms with Crippen LogP contribution in [0.3, 0.4) is 0 Å². The molecular formula is C24H17ClN4O2S. The van der Waals surface area contributed by atoms with E-state index < -0.39 is 0 Å². The summed E-state index contributed by atoms with van der Waals surface area (Å²) in [7, 11) is 0. The predicted octanol–water partition coefficient (Wildman–Crippen LogP) is 4.84. The summed E-state index contributed by atoms with van der Waals surface area (Å²) in [5.41, 5.74) is 2.32. The topological polar surface area (TPSA) is 87.8 Å². The second kappa shape index (κ2) is 9.69. The number of halogens is 1. The summed E-state index contributed by atoms with van der Waals surface area (Å²) in [6, 6.07) is 23.3. The zero-order valence-corrected chi connectivity index (χ0v) is 18.4. The number of hydrogen-bond acceptors (Lipinski definition) is 5. The van der Waals surface area contributed by atoms with Gasteiger partial charge in [0.05, 0.1) is 39.9 Å². The highest BCUT2D eigenvalue weighted by molar-refractivity contribution is 7.99. The Morgan fingerprint density at radius 1 is 1.06 bits per heavy atom. The Hall–Kier alpha value is -3.60. The van der Waals surface area contributed by atoms with Gasteiger partial charge in [0.1, 0.15) is 0 Å². The summed E-state index contributed by atoms with van der Waals surface area (Å²) in [5.74, 6) is -0.189. The van der Waals surface area contributed by atoms with Crippen LogP contribution in [-0.2, 0) is 11.2 Å². The molecule has 0 saturated carbocycles. The number of nitrogens with one attached hydrogen (secondary N) is 1. The first kappa shape index (κ1) is 21.6. The van der Waals surface area contributed by atoms with Gasteiger partial charge >= 0.3 is 0 Å². The number of nitriles is 1. The minimum Gasteiger partial charge on any atom is -0.325 e. The molecule has 4 aromatic rings. The van der Waals surface area contributed by atoms with Gasteiger partial charge in [-0.1, -0.05) is 59.8 Å². The first-order valence-electron chi connectivity index (χ1n) is 9.72. The minimum absolute atomic E-state index is 0.0508. The number of thioether (sulfide) groups is 1. The van der Waals surface area contributed by atoms with Crippen LogP contribution in [0.5, 0.6) is 0 Å². The van der Waals surface area contributed by atoms with Crippen molar-refractivity contribution in [1.29, 1.82) is 5.26 Å². The lowest BCUT2D eigenvalue weighted by Crippen LogP contribution is -2.23. The first-order chi connectivity index (χ1) is 15.6. The summed E-state index contributed by atoms with van der Waals surface area (Å²) in [6.07, 6.45) is 0.317. The normalized spacial score (nSPS) is 10.6. The number of anilines is 1. The van der Waals surface area contributed by atoms with Crippen molar-refractivity contribution in [2.45, 2.75) is 11.6 Å². The van der Waals surface area contributed by atoms with E-state index in [4.69, 9.17) is 16.9 Å². The summed E-state index contributed by atoms with van der Waals surface area (Å²) in [6.45, 7) is 0. The molecule has 1 amide bonds. The molecule has 1 heterocycles. The Kier molecular flexibility index (Phi) is 6.55. The van der Waals surface area contributed by atoms with E-state index in [2.05, 4.69) is 16.4 Å². The summed E-state index contributed by atoms with van der Waals surface area (Å²) < 4.78 is 1.44. The molecule has 0 radical (unpaired) electrons. The van der Waals surface area contributed by atoms with Crippen LogP contribution in [0.25, 0.3) is 16.6 Å². The maximum absolute atomic E-state index is 13.3. The SMILES string of the molecule is N#CCc1ccc(NC(=O)CSc2nc3ccccc3c(=O)n2-c2ccccc2Cl)cc1. The number of benzene rings is 3. The van der Waals surface area contributed by atoms with Crippen LogP contribution < -0.4 is 10.9 Å². The molecule has 3 aromatic carbocycles. The van der Waals surface area contributed by atoms with Gasteiger partial charge < -0.3 is 5.32 Å². The number of carbonyl (C=O) groups is 1. The van der Waals surface area contributed by atoms with E-state index in [-0.39, 0.29) is 17.2 Å². The number of fused-ring (bicyclic) bond motifs is 1. The molecule has 32 heavy (non-hydrogen) atoms. The third kappa shape index (κ3) is 4.67. The molecule has 0 fully saturated rings. The summed E-state index contributed by atoms with van der Waals surface area (Å²) in [4.78, 5) is 30.4. The largest absolute Gasteiger partial charge is 0.325 e. The van der Waals surface area contributed by atoms with E-state index in [1.165, 1.54) is 4.57 Å². The van der Waals surface area contributed by atoms with Crippen molar-refractivity contribution in [3.8, 4) is 11.8 Å². The van der Waals surface area contributed by atoms with Crippen LogP contribution in [0.1, 0.15) is 5.56 Å². The Morgan fingerprint density at radius 2 is 1.78 bits per heavy atom. The third-order valence-corrected chi connectivity index (χ3v) is 5.95. The van der Waals surface area contributed by atoms with Crippen LogP contribution in [-0.4, -0.2) is 21.2 Å². The van der Waals surface area contributed by atoms with Crippen molar-refractivity contribution in [2.24, 2.45) is 0 Å². The van der Waals surface area contributed by atoms with E-state index in [1.807, 2.05) is 6.07 Å². The highest BCUT2D eigenvalue weighted by atomic mass is 35.5. The van der Waals surface area contributed by atoms with Gasteiger partial charge in [0.25, 0.3) is 5.56 Å². The molecule has 0 aliphatic rings. The van der Waals surface area contributed by atoms with E-state index in [0.29, 0.717) is 38.9 Å². The maximum atomic E-state index is 13.3. The molecule has 0 atom stereocenters. The van der Waals surface area contributed by atoms with E-state index in [9.17, 15) is 9.59 Å². The molecule has 8 heteroatoms. The molecular weight excluding hydrogens is 444 g/mol. The zero-order chi connectivity index (χ0) is 22.5. The number of hydrogen-bond donors (Lipinski definition) is 1. The number of carbonyl (C=O) groups excluding carboxylic acids is 1. The van der Waals surface area contributed by atoms with Gasteiger partial charge in [0, 0.05) is 5.69 Å². The lowest BCUT2D eigenvalue weighted by molar-refractivity contribution is -0.113. The second-order valence-electron chi connectivity index (χ2n) is 6.87. The van der Waals surface area contributed by atoms with E-state index >= 15 is 0 Å². The van der Waals surface area contributed by atoms with Crippen LogP contribution >= 0.6 is 23.4 Å². The van der Waals surface area contributed by atoms with Crippen molar-refractivity contribution in [2.75, 3.05) is 11.1 Å². The van der Waals surface area contributed by atoms with Gasteiger partial charge in [-0.15, -0.1) is 0 Å². The van der Waals surface area contributed by atoms with Gasteiger partial charge in [0.2, 0.25) is 5.91 Å². The molecule has 0 unspecified atom stereocenters. The number of aromatic nitrogens is 2. The smallest absolute Gasteiger partial charge is 0.266 e. The Bertz CT molecular complexity index is 1390. The molecule has 0 aliphatic carbocycles. The molecule has 0 bridgehead atoms. The maximum Gasteiger partial charge on any atom is 0.266 e. The average molecular weight is 461 g/mol. The van der Waals surface area contributed by atoms with E-state index in [1.54, 1.807) is 66.7 Å². The third-order valence-electron chi connectivity index (χ3n) is 4.69. The fraction of sp³-hybridized carbons (Fsp3) is 0.0833. The minimum atomic E-state index is -0.250. The molecule has 158 valence electrons. The lowest BCUT2D eigenvalue weighted by atomic mass is 10.1. The Labute approximate surface area is 193 Å². The van der Waals surface area contributed by atoms with E-state index in [0.717, 1.165) is 17.3 Å². The standard InChI is InChI=1S/C24H17ClN4O2S/c25-19-6-2-4-8-21(19)29-23(31)18-5-1-3-7-20(18)28-24(29)32-15-22(30)27-17-11-9-16(10-12-17)13-14-26/h1-12H,13,15H2,(H,27,30). The quantitative estimate of drug-likeness (QED) is 0.328. The van der Waals surface area contributed by atoms with Crippen molar-refractivity contribution >= 4 is 45.9 Å². The van der Waals surface area contributed by atoms with Gasteiger partial charge in [-0.2, -0.15) is 5.26 Å². The number of rotatable bonds is 6. The van der Waals surface area contributed by atoms with Gasteiger partial charge in [-0.3, -0.25) is 14.2 Å². The predicted molar refractivity (Wildman–Crippen MR) is 127 cm³/mol. The average Bonchev–Trinajstić information content (AvgIpc) is 2.80. The van der Waals surface area contributed by atoms with Gasteiger partial charge in [0.15, 0.2) is 5.16 Å². The van der Waals surface area contributed by atoms with Crippen LogP contribution in [0, 0.1) is 11.3 Å². The highest BCUT2D eigenvalue weighted by Gasteiger charge is 2.16. The molecule has 4 rings (SSSR count). The number of amides is 1. The molecule has 6 nitrogen and oxygen atoms in total. The molecule has 0 spiro atoms. The summed E-state index contributed by atoms with van der Waals surface area (Å²) in [5, 5.41) is 12.8. The summed E-state index contributed by atoms with van der Waals surface area (Å²) >= 11 is 7.52. The van der Waals surface area contributed by atoms with Gasteiger partial charge in [-0.05, 0) is 42.0 Å². The Balaban J connectivity index is 1.61. The van der Waals surface area contributed by atoms with Gasteiger partial charge in [-0.25, -0.2) is 4.98 Å². The fourth-order valence-corrected chi connectivity index (χ4v) is 4.20. The lowest BCUT2D eigenvalue weighted by Gasteiger charge is -2.14. The highest BCUT2D eigenvalue weighted by Crippen LogP contribution is 2.25. The monoisotopic (exact) mass is 460 g/mol. The number of nitrogens with zero attached hydrogens (tertiary/aromatic N) is 3. The van der Waals surface area contributed by atoms with Crippen molar-refractivity contribution in [3.63, 3.8) is 0 Å². The first-order valence-corrected chi connectivity index (χ1v) is 11.1. The van der Waals surface area contributed by atoms with Crippen LogP contribution in [0.4, 0.5) is 5.69 Å². The Morgan fingerprint density at radius 3 is 2.53 bits per heavy atom. The molecule has 1 N–H and O–H groups in total. The number of para-hydroxylation sites is 2. The molecule has 0 aliphatic heterocycles. The van der Waals surface area contributed by atoms with Crippen molar-refractivity contribution in [1.82, 2.24) is 9.55 Å². The van der Waals surface area contributed by atoms with Crippen LogP contribution in [0.2, 0.25) is 5.02 Å². The van der Waals surface area contributed by atoms with Crippen molar-refractivity contribution in [3.05, 3.63) is 93.7 Å². The zero-order valence-electron chi connectivity index (χ0n) is 16.8. The van der Waals surface area contributed by atoms with Crippen molar-refractivity contribution < 1.29 is 4.79 Å².